The molecule has 0 aliphatic carbocycles. The Morgan fingerprint density at radius 1 is 1.09 bits per heavy atom. The minimum Gasteiger partial charge on any atom is -0.507 e. The highest BCUT2D eigenvalue weighted by atomic mass is 16.6. The number of anilines is 4. The minimum absolute atomic E-state index is 0.141. The molecule has 1 saturated heterocycles. The first-order valence-electron chi connectivity index (χ1n) is 9.76. The molecule has 12 nitrogen and oxygen atoms in total. The third-order valence-electron chi connectivity index (χ3n) is 4.54. The standard InChI is InChI=1S/C20H20N8O4/c29-17-7-6-16(28(30)31)12-14(17)13-21-26-19-23-18(22-15-4-2-1-3-5-15)24-20(25-19)27-8-10-32-11-9-27/h1-7,12-13,29H,8-11H2,(H2,22,23,24,25,26)/b21-13+. The summed E-state index contributed by atoms with van der Waals surface area (Å²) >= 11 is 0. The number of morpholine rings is 1. The maximum Gasteiger partial charge on any atom is 0.270 e. The van der Waals surface area contributed by atoms with E-state index in [4.69, 9.17) is 4.74 Å². The van der Waals surface area contributed by atoms with Crippen molar-refractivity contribution in [1.29, 1.82) is 0 Å². The number of phenolic OH excluding ortho intramolecular Hbond substituents is 1. The summed E-state index contributed by atoms with van der Waals surface area (Å²) in [6.45, 7) is 2.42. The van der Waals surface area contributed by atoms with E-state index in [-0.39, 0.29) is 22.9 Å². The number of ether oxygens (including phenoxy) is 1. The van der Waals surface area contributed by atoms with Gasteiger partial charge in [0.05, 0.1) is 24.4 Å². The first-order valence-corrected chi connectivity index (χ1v) is 9.76. The lowest BCUT2D eigenvalue weighted by Crippen LogP contribution is -2.37. The van der Waals surface area contributed by atoms with Gasteiger partial charge in [-0.2, -0.15) is 20.1 Å². The van der Waals surface area contributed by atoms with Crippen LogP contribution in [0.4, 0.5) is 29.2 Å². The Hall–Kier alpha value is -4.32. The molecule has 0 radical (unpaired) electrons. The average molecular weight is 436 g/mol. The molecule has 4 rings (SSSR count). The van der Waals surface area contributed by atoms with Gasteiger partial charge in [-0.05, 0) is 18.2 Å². The predicted molar refractivity (Wildman–Crippen MR) is 119 cm³/mol. The highest BCUT2D eigenvalue weighted by molar-refractivity contribution is 5.84. The van der Waals surface area contributed by atoms with E-state index in [1.54, 1.807) is 0 Å². The van der Waals surface area contributed by atoms with Crippen LogP contribution in [0.5, 0.6) is 5.75 Å². The molecule has 2 heterocycles. The number of phenols is 1. The number of hydrogen-bond donors (Lipinski definition) is 3. The van der Waals surface area contributed by atoms with Gasteiger partial charge >= 0.3 is 0 Å². The maximum absolute atomic E-state index is 11.0. The molecule has 0 spiro atoms. The summed E-state index contributed by atoms with van der Waals surface area (Å²) in [6.07, 6.45) is 1.25. The molecule has 32 heavy (non-hydrogen) atoms. The van der Waals surface area contributed by atoms with E-state index in [0.29, 0.717) is 38.2 Å². The number of aromatic nitrogens is 3. The highest BCUT2D eigenvalue weighted by Crippen LogP contribution is 2.22. The molecule has 0 atom stereocenters. The third-order valence-corrected chi connectivity index (χ3v) is 4.54. The number of nitro groups is 1. The van der Waals surface area contributed by atoms with E-state index in [9.17, 15) is 15.2 Å². The van der Waals surface area contributed by atoms with Crippen LogP contribution in [0.25, 0.3) is 0 Å². The number of non-ortho nitro benzene ring substituents is 1. The van der Waals surface area contributed by atoms with Gasteiger partial charge in [-0.15, -0.1) is 0 Å². The van der Waals surface area contributed by atoms with Gasteiger partial charge in [-0.25, -0.2) is 5.43 Å². The fraction of sp³-hybridized carbons (Fsp3) is 0.200. The van der Waals surface area contributed by atoms with Gasteiger partial charge in [0, 0.05) is 36.5 Å². The molecule has 2 aromatic carbocycles. The summed E-state index contributed by atoms with van der Waals surface area (Å²) in [4.78, 5) is 25.6. The van der Waals surface area contributed by atoms with Gasteiger partial charge in [0.2, 0.25) is 17.8 Å². The molecule has 0 saturated carbocycles. The van der Waals surface area contributed by atoms with E-state index < -0.39 is 4.92 Å². The lowest BCUT2D eigenvalue weighted by atomic mass is 10.2. The second kappa shape index (κ2) is 9.66. The van der Waals surface area contributed by atoms with Crippen LogP contribution in [-0.2, 0) is 4.74 Å². The van der Waals surface area contributed by atoms with Crippen molar-refractivity contribution in [3.63, 3.8) is 0 Å². The Labute approximate surface area is 182 Å². The van der Waals surface area contributed by atoms with Crippen molar-refractivity contribution in [1.82, 2.24) is 15.0 Å². The topological polar surface area (TPSA) is 151 Å². The monoisotopic (exact) mass is 436 g/mol. The number of rotatable bonds is 7. The van der Waals surface area contributed by atoms with Crippen molar-refractivity contribution in [3.05, 3.63) is 64.2 Å². The van der Waals surface area contributed by atoms with Crippen LogP contribution < -0.4 is 15.6 Å². The van der Waals surface area contributed by atoms with Crippen molar-refractivity contribution in [3.8, 4) is 5.75 Å². The summed E-state index contributed by atoms with van der Waals surface area (Å²) in [6, 6.07) is 13.1. The molecule has 3 aromatic rings. The number of nitrogens with zero attached hydrogens (tertiary/aromatic N) is 6. The fourth-order valence-electron chi connectivity index (χ4n) is 2.94. The normalized spacial score (nSPS) is 13.8. The Balaban J connectivity index is 1.58. The average Bonchev–Trinajstić information content (AvgIpc) is 2.81. The SMILES string of the molecule is O=[N+]([O-])c1ccc(O)c(/C=N/Nc2nc(Nc3ccccc3)nc(N3CCOCC3)n2)c1. The molecule has 1 aliphatic rings. The van der Waals surface area contributed by atoms with Gasteiger partial charge < -0.3 is 20.1 Å². The van der Waals surface area contributed by atoms with Crippen LogP contribution in [-0.4, -0.2) is 57.5 Å². The number of para-hydroxylation sites is 1. The molecule has 0 bridgehead atoms. The van der Waals surface area contributed by atoms with Crippen molar-refractivity contribution in [2.75, 3.05) is 41.9 Å². The lowest BCUT2D eigenvalue weighted by molar-refractivity contribution is -0.384. The molecular weight excluding hydrogens is 416 g/mol. The summed E-state index contributed by atoms with van der Waals surface area (Å²) < 4.78 is 5.39. The molecule has 1 fully saturated rings. The number of benzene rings is 2. The Morgan fingerprint density at radius 2 is 1.84 bits per heavy atom. The molecular formula is C20H20N8O4. The smallest absolute Gasteiger partial charge is 0.270 e. The minimum atomic E-state index is -0.549. The van der Waals surface area contributed by atoms with Gasteiger partial charge in [0.15, 0.2) is 0 Å². The largest absolute Gasteiger partial charge is 0.507 e. The molecule has 1 aliphatic heterocycles. The maximum atomic E-state index is 11.0. The van der Waals surface area contributed by atoms with E-state index >= 15 is 0 Å². The van der Waals surface area contributed by atoms with Gasteiger partial charge in [-0.1, -0.05) is 18.2 Å². The Kier molecular flexibility index (Phi) is 6.32. The first-order chi connectivity index (χ1) is 15.6. The molecule has 0 unspecified atom stereocenters. The summed E-state index contributed by atoms with van der Waals surface area (Å²) in [5, 5.41) is 28.0. The van der Waals surface area contributed by atoms with Crippen molar-refractivity contribution >= 4 is 35.4 Å². The predicted octanol–water partition coefficient (Wildman–Crippen LogP) is 2.51. The van der Waals surface area contributed by atoms with Crippen LogP contribution in [0, 0.1) is 10.1 Å². The molecule has 164 valence electrons. The van der Waals surface area contributed by atoms with Gasteiger partial charge in [0.25, 0.3) is 5.69 Å². The molecule has 0 amide bonds. The van der Waals surface area contributed by atoms with Crippen molar-refractivity contribution in [2.45, 2.75) is 0 Å². The van der Waals surface area contributed by atoms with Crippen molar-refractivity contribution in [2.24, 2.45) is 5.10 Å². The quantitative estimate of drug-likeness (QED) is 0.286. The number of hydrogen-bond acceptors (Lipinski definition) is 11. The number of nitrogens with one attached hydrogen (secondary N) is 2. The Morgan fingerprint density at radius 3 is 2.59 bits per heavy atom. The lowest BCUT2D eigenvalue weighted by Gasteiger charge is -2.27. The summed E-state index contributed by atoms with van der Waals surface area (Å²) in [5.74, 6) is 0.805. The zero-order chi connectivity index (χ0) is 22.3. The number of aromatic hydroxyl groups is 1. The zero-order valence-corrected chi connectivity index (χ0v) is 16.9. The van der Waals surface area contributed by atoms with E-state index in [1.807, 2.05) is 35.2 Å². The van der Waals surface area contributed by atoms with E-state index in [2.05, 4.69) is 30.8 Å². The van der Waals surface area contributed by atoms with Crippen LogP contribution in [0.2, 0.25) is 0 Å². The molecule has 3 N–H and O–H groups in total. The molecule has 1 aromatic heterocycles. The van der Waals surface area contributed by atoms with Crippen LogP contribution in [0.15, 0.2) is 53.6 Å². The summed E-state index contributed by atoms with van der Waals surface area (Å²) in [5.41, 5.74) is 3.53. The van der Waals surface area contributed by atoms with Crippen LogP contribution >= 0.6 is 0 Å². The van der Waals surface area contributed by atoms with E-state index in [1.165, 1.54) is 24.4 Å². The van der Waals surface area contributed by atoms with E-state index in [0.717, 1.165) is 5.69 Å². The van der Waals surface area contributed by atoms with Crippen LogP contribution in [0.1, 0.15) is 5.56 Å². The Bertz CT molecular complexity index is 1120. The molecule has 12 heteroatoms. The number of hydrazone groups is 1. The van der Waals surface area contributed by atoms with Gasteiger partial charge in [-0.3, -0.25) is 10.1 Å². The fourth-order valence-corrected chi connectivity index (χ4v) is 2.94. The van der Waals surface area contributed by atoms with Crippen molar-refractivity contribution < 1.29 is 14.8 Å². The second-order valence-corrected chi connectivity index (χ2v) is 6.74. The first kappa shape index (κ1) is 20.9. The van der Waals surface area contributed by atoms with Crippen LogP contribution in [0.3, 0.4) is 0 Å². The third kappa shape index (κ3) is 5.23. The van der Waals surface area contributed by atoms with Gasteiger partial charge in [0.1, 0.15) is 5.75 Å². The zero-order valence-electron chi connectivity index (χ0n) is 16.9. The summed E-state index contributed by atoms with van der Waals surface area (Å²) in [7, 11) is 0. The second-order valence-electron chi connectivity index (χ2n) is 6.74. The highest BCUT2D eigenvalue weighted by Gasteiger charge is 2.17. The number of nitro benzene ring substituents is 1.